The monoisotopic (exact) mass is 335 g/mol. The fraction of sp³-hybridized carbons (Fsp3) is 0.286. The molecule has 6 heteroatoms. The summed E-state index contributed by atoms with van der Waals surface area (Å²) in [5.41, 5.74) is 1.08. The first-order valence-corrected chi connectivity index (χ1v) is 7.20. The summed E-state index contributed by atoms with van der Waals surface area (Å²) >= 11 is 3.44. The van der Waals surface area contributed by atoms with Crippen molar-refractivity contribution in [3.63, 3.8) is 0 Å². The number of anilines is 3. The van der Waals surface area contributed by atoms with Crippen molar-refractivity contribution < 1.29 is 0 Å². The van der Waals surface area contributed by atoms with Crippen LogP contribution in [0.15, 0.2) is 41.1 Å². The first-order valence-electron chi connectivity index (χ1n) is 6.40. The minimum Gasteiger partial charge on any atom is -0.369 e. The molecule has 0 bridgehead atoms. The molecule has 1 aromatic carbocycles. The van der Waals surface area contributed by atoms with Gasteiger partial charge in [-0.15, -0.1) is 0 Å². The van der Waals surface area contributed by atoms with Crippen LogP contribution in [0.4, 0.5) is 17.3 Å². The second-order valence-electron chi connectivity index (χ2n) is 4.33. The van der Waals surface area contributed by atoms with Gasteiger partial charge in [0.2, 0.25) is 0 Å². The highest BCUT2D eigenvalue weighted by molar-refractivity contribution is 9.10. The van der Waals surface area contributed by atoms with Gasteiger partial charge in [0.1, 0.15) is 18.0 Å². The zero-order valence-electron chi connectivity index (χ0n) is 11.6. The van der Waals surface area contributed by atoms with Crippen molar-refractivity contribution in [2.24, 2.45) is 0 Å². The molecule has 0 fully saturated rings. The van der Waals surface area contributed by atoms with E-state index in [9.17, 15) is 0 Å². The van der Waals surface area contributed by atoms with Crippen LogP contribution < -0.4 is 15.5 Å². The van der Waals surface area contributed by atoms with Gasteiger partial charge in [-0.2, -0.15) is 0 Å². The smallest absolute Gasteiger partial charge is 0.138 e. The van der Waals surface area contributed by atoms with Crippen LogP contribution in [0.3, 0.4) is 0 Å². The van der Waals surface area contributed by atoms with Gasteiger partial charge < -0.3 is 15.5 Å². The highest BCUT2D eigenvalue weighted by Crippen LogP contribution is 2.24. The molecule has 2 aromatic rings. The van der Waals surface area contributed by atoms with E-state index in [1.165, 1.54) is 0 Å². The highest BCUT2D eigenvalue weighted by Gasteiger charge is 2.06. The van der Waals surface area contributed by atoms with Gasteiger partial charge >= 0.3 is 0 Å². The Morgan fingerprint density at radius 1 is 1.15 bits per heavy atom. The van der Waals surface area contributed by atoms with E-state index in [2.05, 4.69) is 36.5 Å². The van der Waals surface area contributed by atoms with E-state index < -0.39 is 0 Å². The number of nitrogens with zero attached hydrogens (tertiary/aromatic N) is 3. The third-order valence-electron chi connectivity index (χ3n) is 2.89. The van der Waals surface area contributed by atoms with Crippen LogP contribution in [-0.2, 0) is 0 Å². The maximum atomic E-state index is 4.31. The quantitative estimate of drug-likeness (QED) is 0.795. The van der Waals surface area contributed by atoms with E-state index in [4.69, 9.17) is 0 Å². The molecular weight excluding hydrogens is 318 g/mol. The Hall–Kier alpha value is -1.66. The summed E-state index contributed by atoms with van der Waals surface area (Å²) < 4.78 is 1.06. The van der Waals surface area contributed by atoms with Gasteiger partial charge in [-0.1, -0.05) is 15.9 Å². The average Bonchev–Trinajstić information content (AvgIpc) is 2.48. The lowest BCUT2D eigenvalue weighted by Gasteiger charge is -2.18. The number of rotatable bonds is 6. The van der Waals surface area contributed by atoms with E-state index in [1.807, 2.05) is 49.3 Å². The van der Waals surface area contributed by atoms with Crippen molar-refractivity contribution in [2.75, 3.05) is 37.4 Å². The fourth-order valence-corrected chi connectivity index (χ4v) is 2.00. The van der Waals surface area contributed by atoms with Crippen LogP contribution in [0.1, 0.15) is 0 Å². The molecule has 0 atom stereocenters. The maximum absolute atomic E-state index is 4.31. The molecule has 0 unspecified atom stereocenters. The Labute approximate surface area is 127 Å². The molecule has 0 aliphatic rings. The summed E-state index contributed by atoms with van der Waals surface area (Å²) in [5.74, 6) is 1.68. The zero-order valence-corrected chi connectivity index (χ0v) is 13.2. The summed E-state index contributed by atoms with van der Waals surface area (Å²) in [7, 11) is 3.91. The Kier molecular flexibility index (Phi) is 5.31. The van der Waals surface area contributed by atoms with E-state index in [1.54, 1.807) is 6.33 Å². The normalized spacial score (nSPS) is 10.3. The van der Waals surface area contributed by atoms with Gasteiger partial charge in [0.15, 0.2) is 0 Å². The van der Waals surface area contributed by atoms with Crippen molar-refractivity contribution in [1.29, 1.82) is 0 Å². The highest BCUT2D eigenvalue weighted by atomic mass is 79.9. The topological polar surface area (TPSA) is 53.1 Å². The molecule has 5 nitrogen and oxygen atoms in total. The Balaban J connectivity index is 2.11. The molecule has 0 saturated carbocycles. The first-order chi connectivity index (χ1) is 9.70. The van der Waals surface area contributed by atoms with Crippen LogP contribution >= 0.6 is 15.9 Å². The Bertz CT molecular complexity index is 544. The average molecular weight is 336 g/mol. The summed E-state index contributed by atoms with van der Waals surface area (Å²) in [6.07, 6.45) is 1.58. The summed E-state index contributed by atoms with van der Waals surface area (Å²) in [6, 6.07) is 10.1. The van der Waals surface area contributed by atoms with E-state index in [0.29, 0.717) is 0 Å². The van der Waals surface area contributed by atoms with Crippen LogP contribution in [0.25, 0.3) is 0 Å². The fourth-order valence-electron chi connectivity index (χ4n) is 1.74. The molecule has 0 radical (unpaired) electrons. The molecule has 106 valence electrons. The number of halogens is 1. The Morgan fingerprint density at radius 3 is 2.60 bits per heavy atom. The van der Waals surface area contributed by atoms with Crippen LogP contribution in [0.2, 0.25) is 0 Å². The second kappa shape index (κ2) is 7.21. The summed E-state index contributed by atoms with van der Waals surface area (Å²) in [5, 5.41) is 6.34. The molecule has 2 N–H and O–H groups in total. The summed E-state index contributed by atoms with van der Waals surface area (Å²) in [4.78, 5) is 10.6. The lowest BCUT2D eigenvalue weighted by molar-refractivity contribution is 0.820. The number of likely N-dealkylation sites (N-methyl/N-ethyl adjacent to an activating group) is 1. The number of hydrogen-bond donors (Lipinski definition) is 2. The minimum atomic E-state index is 0.828. The molecule has 0 saturated heterocycles. The summed E-state index contributed by atoms with van der Waals surface area (Å²) in [6.45, 7) is 1.72. The molecule has 0 amide bonds. The van der Waals surface area contributed by atoms with E-state index in [-0.39, 0.29) is 0 Å². The predicted molar refractivity (Wildman–Crippen MR) is 86.7 cm³/mol. The Morgan fingerprint density at radius 2 is 1.90 bits per heavy atom. The largest absolute Gasteiger partial charge is 0.369 e. The standard InChI is InChI=1S/C14H18BrN5/c1-16-7-8-17-13-9-14(19-10-18-13)20(2)12-5-3-11(15)4-6-12/h3-6,9-10,16H,7-8H2,1-2H3,(H,17,18,19). The van der Waals surface area contributed by atoms with E-state index in [0.717, 1.165) is 34.9 Å². The third kappa shape index (κ3) is 3.91. The number of aromatic nitrogens is 2. The van der Waals surface area contributed by atoms with E-state index >= 15 is 0 Å². The lowest BCUT2D eigenvalue weighted by Crippen LogP contribution is -2.18. The predicted octanol–water partition coefficient (Wildman–Crippen LogP) is 2.64. The van der Waals surface area contributed by atoms with Crippen LogP contribution in [-0.4, -0.2) is 37.2 Å². The molecule has 20 heavy (non-hydrogen) atoms. The van der Waals surface area contributed by atoms with Crippen LogP contribution in [0.5, 0.6) is 0 Å². The molecule has 1 heterocycles. The molecule has 1 aromatic heterocycles. The van der Waals surface area contributed by atoms with Crippen molar-refractivity contribution >= 4 is 33.3 Å². The maximum Gasteiger partial charge on any atom is 0.138 e. The van der Waals surface area contributed by atoms with Crippen molar-refractivity contribution in [3.8, 4) is 0 Å². The van der Waals surface area contributed by atoms with Gasteiger partial charge in [-0.25, -0.2) is 9.97 Å². The lowest BCUT2D eigenvalue weighted by atomic mass is 10.3. The van der Waals surface area contributed by atoms with Gasteiger partial charge in [-0.05, 0) is 31.3 Å². The van der Waals surface area contributed by atoms with Gasteiger partial charge in [0.25, 0.3) is 0 Å². The minimum absolute atomic E-state index is 0.828. The SMILES string of the molecule is CNCCNc1cc(N(C)c2ccc(Br)cc2)ncn1. The number of benzene rings is 1. The van der Waals surface area contributed by atoms with Crippen LogP contribution in [0, 0.1) is 0 Å². The van der Waals surface area contributed by atoms with Gasteiger partial charge in [0, 0.05) is 36.4 Å². The number of hydrogen-bond acceptors (Lipinski definition) is 5. The van der Waals surface area contributed by atoms with Gasteiger partial charge in [0.05, 0.1) is 0 Å². The first kappa shape index (κ1) is 14.7. The molecule has 0 aliphatic carbocycles. The van der Waals surface area contributed by atoms with Gasteiger partial charge in [-0.3, -0.25) is 0 Å². The third-order valence-corrected chi connectivity index (χ3v) is 3.42. The van der Waals surface area contributed by atoms with Crippen molar-refractivity contribution in [1.82, 2.24) is 15.3 Å². The molecule has 2 rings (SSSR count). The molecule has 0 spiro atoms. The van der Waals surface area contributed by atoms with Crippen molar-refractivity contribution in [2.45, 2.75) is 0 Å². The van der Waals surface area contributed by atoms with Crippen molar-refractivity contribution in [3.05, 3.63) is 41.1 Å². The zero-order chi connectivity index (χ0) is 14.4. The number of nitrogens with one attached hydrogen (secondary N) is 2. The molecule has 0 aliphatic heterocycles. The molecular formula is C14H18BrN5. The second-order valence-corrected chi connectivity index (χ2v) is 5.24.